The third-order valence-corrected chi connectivity index (χ3v) is 4.11. The van der Waals surface area contributed by atoms with Crippen LogP contribution in [-0.2, 0) is 0 Å². The number of hydrogen-bond donors (Lipinski definition) is 1. The van der Waals surface area contributed by atoms with Crippen LogP contribution in [0.4, 0.5) is 10.1 Å². The fraction of sp³-hybridized carbons (Fsp3) is 0.0833. The zero-order chi connectivity index (χ0) is 14.0. The summed E-state index contributed by atoms with van der Waals surface area (Å²) in [5.41, 5.74) is 0.334. The molecular weight excluding hydrogens is 357 g/mol. The summed E-state index contributed by atoms with van der Waals surface area (Å²) in [4.78, 5) is 12.5. The van der Waals surface area contributed by atoms with Gasteiger partial charge in [0.25, 0.3) is 5.91 Å². The summed E-state index contributed by atoms with van der Waals surface area (Å²) in [5.74, 6) is -0.199. The molecule has 0 atom stereocenters. The summed E-state index contributed by atoms with van der Waals surface area (Å²) in [5, 5.41) is 4.48. The summed E-state index contributed by atoms with van der Waals surface area (Å²) in [6.07, 6.45) is 0. The molecule has 0 spiro atoms. The van der Waals surface area contributed by atoms with Gasteiger partial charge in [0.1, 0.15) is 11.6 Å². The van der Waals surface area contributed by atoms with E-state index in [1.807, 2.05) is 0 Å². The van der Waals surface area contributed by atoms with Crippen molar-refractivity contribution in [2.75, 3.05) is 12.4 Å². The van der Waals surface area contributed by atoms with Crippen LogP contribution in [0.2, 0.25) is 5.02 Å². The molecular formula is C12H8BrClFNO2S. The Morgan fingerprint density at radius 3 is 2.79 bits per heavy atom. The first-order valence-electron chi connectivity index (χ1n) is 5.09. The van der Waals surface area contributed by atoms with E-state index >= 15 is 0 Å². The van der Waals surface area contributed by atoms with Crippen LogP contribution in [-0.4, -0.2) is 13.0 Å². The summed E-state index contributed by atoms with van der Waals surface area (Å²) < 4.78 is 18.5. The smallest absolute Gasteiger partial charge is 0.265 e. The third kappa shape index (κ3) is 3.26. The number of thiophene rings is 1. The van der Waals surface area contributed by atoms with Gasteiger partial charge in [-0.1, -0.05) is 11.6 Å². The van der Waals surface area contributed by atoms with Crippen LogP contribution < -0.4 is 10.1 Å². The van der Waals surface area contributed by atoms with Crippen LogP contribution in [0.1, 0.15) is 9.67 Å². The van der Waals surface area contributed by atoms with Crippen molar-refractivity contribution in [1.82, 2.24) is 0 Å². The molecule has 0 bridgehead atoms. The Kier molecular flexibility index (Phi) is 4.44. The van der Waals surface area contributed by atoms with Crippen LogP contribution in [0.5, 0.6) is 5.75 Å². The molecule has 1 amide bonds. The average molecular weight is 365 g/mol. The first-order valence-corrected chi connectivity index (χ1v) is 7.14. The molecule has 7 heteroatoms. The van der Waals surface area contributed by atoms with E-state index in [4.69, 9.17) is 16.3 Å². The van der Waals surface area contributed by atoms with E-state index in [2.05, 4.69) is 21.2 Å². The molecule has 0 saturated carbocycles. The molecule has 1 aromatic heterocycles. The minimum Gasteiger partial charge on any atom is -0.496 e. The highest BCUT2D eigenvalue weighted by Gasteiger charge is 2.14. The zero-order valence-electron chi connectivity index (χ0n) is 9.67. The number of ether oxygens (including phenoxy) is 1. The van der Waals surface area contributed by atoms with Gasteiger partial charge >= 0.3 is 0 Å². The van der Waals surface area contributed by atoms with Gasteiger partial charge in [-0.2, -0.15) is 0 Å². The first-order chi connectivity index (χ1) is 9.01. The SMILES string of the molecule is COc1csc(C(=O)Nc2c(Cl)cc(F)cc2Br)c1. The Balaban J connectivity index is 2.24. The summed E-state index contributed by atoms with van der Waals surface area (Å²) in [6, 6.07) is 3.98. The number of halogens is 3. The fourth-order valence-electron chi connectivity index (χ4n) is 1.38. The average Bonchev–Trinajstić information content (AvgIpc) is 2.82. The van der Waals surface area contributed by atoms with Crippen LogP contribution in [0.15, 0.2) is 28.1 Å². The minimum atomic E-state index is -0.479. The highest BCUT2D eigenvalue weighted by Crippen LogP contribution is 2.32. The van der Waals surface area contributed by atoms with Crippen LogP contribution in [0.3, 0.4) is 0 Å². The van der Waals surface area contributed by atoms with Gasteiger partial charge in [-0.05, 0) is 28.1 Å². The Morgan fingerprint density at radius 1 is 1.47 bits per heavy atom. The van der Waals surface area contributed by atoms with Crippen LogP contribution >= 0.6 is 38.9 Å². The lowest BCUT2D eigenvalue weighted by atomic mass is 10.3. The molecule has 19 heavy (non-hydrogen) atoms. The van der Waals surface area contributed by atoms with Crippen molar-refractivity contribution in [3.63, 3.8) is 0 Å². The number of amides is 1. The molecule has 2 rings (SSSR count). The van der Waals surface area contributed by atoms with Gasteiger partial charge in [-0.25, -0.2) is 4.39 Å². The largest absolute Gasteiger partial charge is 0.496 e. The van der Waals surface area contributed by atoms with Crippen molar-refractivity contribution in [3.05, 3.63) is 43.8 Å². The standard InChI is InChI=1S/C12H8BrClFNO2S/c1-18-7-4-10(19-5-7)12(17)16-11-8(13)2-6(15)3-9(11)14/h2-5H,1H3,(H,16,17). The number of carbonyl (C=O) groups excluding carboxylic acids is 1. The summed E-state index contributed by atoms with van der Waals surface area (Å²) >= 11 is 10.3. The van der Waals surface area contributed by atoms with Gasteiger partial charge < -0.3 is 10.1 Å². The number of methoxy groups -OCH3 is 1. The van der Waals surface area contributed by atoms with Gasteiger partial charge in [0.15, 0.2) is 0 Å². The van der Waals surface area contributed by atoms with Crippen LogP contribution in [0.25, 0.3) is 0 Å². The van der Waals surface area contributed by atoms with Crippen molar-refractivity contribution in [3.8, 4) is 5.75 Å². The van der Waals surface area contributed by atoms with Crippen molar-refractivity contribution >= 4 is 50.5 Å². The van der Waals surface area contributed by atoms with Crippen molar-refractivity contribution in [2.45, 2.75) is 0 Å². The first kappa shape index (κ1) is 14.3. The van der Waals surface area contributed by atoms with E-state index in [0.717, 1.165) is 6.07 Å². The van der Waals surface area contributed by atoms with E-state index in [1.54, 1.807) is 11.4 Å². The van der Waals surface area contributed by atoms with E-state index in [0.29, 0.717) is 20.8 Å². The molecule has 0 radical (unpaired) electrons. The summed E-state index contributed by atoms with van der Waals surface area (Å²) in [6.45, 7) is 0. The van der Waals surface area contributed by atoms with Gasteiger partial charge in [-0.15, -0.1) is 11.3 Å². The summed E-state index contributed by atoms with van der Waals surface area (Å²) in [7, 11) is 1.52. The molecule has 0 saturated heterocycles. The molecule has 0 aliphatic carbocycles. The van der Waals surface area contributed by atoms with Gasteiger partial charge in [-0.3, -0.25) is 4.79 Å². The van der Waals surface area contributed by atoms with Gasteiger partial charge in [0.2, 0.25) is 0 Å². The van der Waals surface area contributed by atoms with Crippen LogP contribution in [0, 0.1) is 5.82 Å². The lowest BCUT2D eigenvalue weighted by Gasteiger charge is -2.08. The normalized spacial score (nSPS) is 10.3. The monoisotopic (exact) mass is 363 g/mol. The molecule has 1 N–H and O–H groups in total. The second-order valence-electron chi connectivity index (χ2n) is 3.55. The minimum absolute atomic E-state index is 0.128. The maximum absolute atomic E-state index is 13.1. The number of hydrogen-bond acceptors (Lipinski definition) is 3. The molecule has 1 aromatic carbocycles. The maximum Gasteiger partial charge on any atom is 0.265 e. The fourth-order valence-corrected chi connectivity index (χ4v) is 3.03. The van der Waals surface area contributed by atoms with Crippen molar-refractivity contribution in [1.29, 1.82) is 0 Å². The quantitative estimate of drug-likeness (QED) is 0.867. The van der Waals surface area contributed by atoms with Crippen molar-refractivity contribution in [2.24, 2.45) is 0 Å². The molecule has 0 fully saturated rings. The Bertz CT molecular complexity index is 609. The van der Waals surface area contributed by atoms with Crippen molar-refractivity contribution < 1.29 is 13.9 Å². The molecule has 100 valence electrons. The maximum atomic E-state index is 13.1. The molecule has 0 aliphatic heterocycles. The third-order valence-electron chi connectivity index (χ3n) is 2.28. The predicted molar refractivity (Wildman–Crippen MR) is 77.9 cm³/mol. The Labute approximate surface area is 126 Å². The van der Waals surface area contributed by atoms with E-state index in [9.17, 15) is 9.18 Å². The predicted octanol–water partition coefficient (Wildman–Crippen LogP) is 4.56. The van der Waals surface area contributed by atoms with E-state index < -0.39 is 5.82 Å². The Morgan fingerprint density at radius 2 is 2.21 bits per heavy atom. The number of anilines is 1. The second kappa shape index (κ2) is 5.90. The van der Waals surface area contributed by atoms with Gasteiger partial charge in [0.05, 0.1) is 22.7 Å². The zero-order valence-corrected chi connectivity index (χ0v) is 12.8. The lowest BCUT2D eigenvalue weighted by Crippen LogP contribution is -2.11. The number of benzene rings is 1. The highest BCUT2D eigenvalue weighted by molar-refractivity contribution is 9.10. The lowest BCUT2D eigenvalue weighted by molar-refractivity contribution is 0.103. The molecule has 2 aromatic rings. The molecule has 0 aliphatic rings. The Hall–Kier alpha value is -1.11. The number of rotatable bonds is 3. The van der Waals surface area contributed by atoms with E-state index in [1.165, 1.54) is 24.5 Å². The molecule has 3 nitrogen and oxygen atoms in total. The highest BCUT2D eigenvalue weighted by atomic mass is 79.9. The van der Waals surface area contributed by atoms with Gasteiger partial charge in [0, 0.05) is 15.9 Å². The number of carbonyl (C=O) groups is 1. The molecule has 1 heterocycles. The topological polar surface area (TPSA) is 38.3 Å². The van der Waals surface area contributed by atoms with E-state index in [-0.39, 0.29) is 10.9 Å². The molecule has 0 unspecified atom stereocenters. The number of nitrogens with one attached hydrogen (secondary N) is 1. The second-order valence-corrected chi connectivity index (χ2v) is 5.72.